The number of para-hydroxylation sites is 1. The van der Waals surface area contributed by atoms with Gasteiger partial charge in [-0.15, -0.1) is 0 Å². The smallest absolute Gasteiger partial charge is 0.276 e. The van der Waals surface area contributed by atoms with Crippen molar-refractivity contribution in [2.24, 2.45) is 0 Å². The number of methoxy groups -OCH3 is 1. The molecule has 1 amide bonds. The van der Waals surface area contributed by atoms with Crippen LogP contribution < -0.4 is 10.1 Å². The molecule has 1 aromatic carbocycles. The van der Waals surface area contributed by atoms with E-state index in [-0.39, 0.29) is 17.6 Å². The molecule has 0 bridgehead atoms. The van der Waals surface area contributed by atoms with Crippen LogP contribution >= 0.6 is 0 Å². The molecular formula is C19H19N3O4. The highest BCUT2D eigenvalue weighted by Gasteiger charge is 2.32. The van der Waals surface area contributed by atoms with Gasteiger partial charge in [-0.05, 0) is 18.2 Å². The highest BCUT2D eigenvalue weighted by atomic mass is 16.5. The van der Waals surface area contributed by atoms with Crippen molar-refractivity contribution in [2.45, 2.75) is 6.04 Å². The molecule has 1 saturated heterocycles. The fraction of sp³-hybridized carbons (Fsp3) is 0.263. The Kier molecular flexibility index (Phi) is 4.45. The van der Waals surface area contributed by atoms with Gasteiger partial charge in [0, 0.05) is 31.3 Å². The molecule has 1 atom stereocenters. The largest absolute Gasteiger partial charge is 0.496 e. The minimum absolute atomic E-state index is 0.142. The summed E-state index contributed by atoms with van der Waals surface area (Å²) >= 11 is 0. The fourth-order valence-corrected chi connectivity index (χ4v) is 3.22. The highest BCUT2D eigenvalue weighted by Crippen LogP contribution is 2.31. The summed E-state index contributed by atoms with van der Waals surface area (Å²) in [5.74, 6) is 1.56. The van der Waals surface area contributed by atoms with Crippen LogP contribution in [-0.4, -0.2) is 42.7 Å². The molecule has 1 aliphatic rings. The zero-order chi connectivity index (χ0) is 17.9. The van der Waals surface area contributed by atoms with Gasteiger partial charge in [-0.25, -0.2) is 0 Å². The topological polar surface area (TPSA) is 80.7 Å². The molecule has 134 valence electrons. The third-order valence-electron chi connectivity index (χ3n) is 4.50. The number of benzene rings is 1. The minimum Gasteiger partial charge on any atom is -0.496 e. The van der Waals surface area contributed by atoms with Crippen molar-refractivity contribution in [2.75, 3.05) is 26.7 Å². The maximum absolute atomic E-state index is 13.1. The van der Waals surface area contributed by atoms with E-state index in [9.17, 15) is 4.79 Å². The van der Waals surface area contributed by atoms with E-state index in [1.54, 1.807) is 36.5 Å². The Morgan fingerprint density at radius 1 is 1.27 bits per heavy atom. The molecule has 1 unspecified atom stereocenters. The molecule has 7 heteroatoms. The lowest BCUT2D eigenvalue weighted by atomic mass is 10.0. The van der Waals surface area contributed by atoms with E-state index in [0.717, 1.165) is 17.9 Å². The van der Waals surface area contributed by atoms with Crippen LogP contribution in [0.25, 0.3) is 11.5 Å². The zero-order valence-corrected chi connectivity index (χ0v) is 14.3. The first kappa shape index (κ1) is 16.4. The van der Waals surface area contributed by atoms with Crippen LogP contribution in [0.1, 0.15) is 22.1 Å². The molecule has 1 N–H and O–H groups in total. The van der Waals surface area contributed by atoms with Crippen molar-refractivity contribution in [1.82, 2.24) is 15.4 Å². The van der Waals surface area contributed by atoms with E-state index < -0.39 is 0 Å². The van der Waals surface area contributed by atoms with Crippen LogP contribution in [0.2, 0.25) is 0 Å². The number of aromatic nitrogens is 1. The van der Waals surface area contributed by atoms with Crippen molar-refractivity contribution in [3.8, 4) is 17.3 Å². The second-order valence-electron chi connectivity index (χ2n) is 6.01. The van der Waals surface area contributed by atoms with E-state index >= 15 is 0 Å². The van der Waals surface area contributed by atoms with E-state index in [2.05, 4.69) is 10.5 Å². The van der Waals surface area contributed by atoms with Gasteiger partial charge in [0.15, 0.2) is 11.5 Å². The fourth-order valence-electron chi connectivity index (χ4n) is 3.22. The number of carbonyl (C=O) groups is 1. The maximum Gasteiger partial charge on any atom is 0.276 e. The predicted octanol–water partition coefficient (Wildman–Crippen LogP) is 2.73. The lowest BCUT2D eigenvalue weighted by molar-refractivity contribution is 0.0621. The third kappa shape index (κ3) is 2.97. The zero-order valence-electron chi connectivity index (χ0n) is 14.3. The Balaban J connectivity index is 1.63. The molecule has 26 heavy (non-hydrogen) atoms. The van der Waals surface area contributed by atoms with Crippen molar-refractivity contribution >= 4 is 5.91 Å². The van der Waals surface area contributed by atoms with Gasteiger partial charge in [0.05, 0.1) is 19.4 Å². The summed E-state index contributed by atoms with van der Waals surface area (Å²) < 4.78 is 16.0. The lowest BCUT2D eigenvalue weighted by Crippen LogP contribution is -2.48. The second kappa shape index (κ2) is 7.05. The van der Waals surface area contributed by atoms with Crippen LogP contribution in [0.4, 0.5) is 0 Å². The van der Waals surface area contributed by atoms with Crippen LogP contribution in [0.5, 0.6) is 5.75 Å². The average molecular weight is 353 g/mol. The Morgan fingerprint density at radius 2 is 2.15 bits per heavy atom. The van der Waals surface area contributed by atoms with E-state index in [4.69, 9.17) is 13.7 Å². The molecule has 1 aliphatic heterocycles. The van der Waals surface area contributed by atoms with Gasteiger partial charge >= 0.3 is 0 Å². The summed E-state index contributed by atoms with van der Waals surface area (Å²) in [6, 6.07) is 12.7. The number of carbonyl (C=O) groups excluding carboxylic acids is 1. The summed E-state index contributed by atoms with van der Waals surface area (Å²) in [5, 5.41) is 7.28. The Morgan fingerprint density at radius 3 is 2.96 bits per heavy atom. The van der Waals surface area contributed by atoms with Gasteiger partial charge in [-0.3, -0.25) is 4.79 Å². The van der Waals surface area contributed by atoms with Gasteiger partial charge in [0.25, 0.3) is 5.91 Å². The van der Waals surface area contributed by atoms with Crippen molar-refractivity contribution < 1.29 is 18.5 Å². The van der Waals surface area contributed by atoms with Crippen molar-refractivity contribution in [3.63, 3.8) is 0 Å². The molecule has 3 heterocycles. The maximum atomic E-state index is 13.1. The van der Waals surface area contributed by atoms with Crippen LogP contribution in [0.3, 0.4) is 0 Å². The van der Waals surface area contributed by atoms with Crippen LogP contribution in [0, 0.1) is 0 Å². The molecule has 0 spiro atoms. The number of amides is 1. The van der Waals surface area contributed by atoms with E-state index in [1.807, 2.05) is 24.3 Å². The molecule has 0 saturated carbocycles. The summed E-state index contributed by atoms with van der Waals surface area (Å²) in [6.45, 7) is 1.94. The predicted molar refractivity (Wildman–Crippen MR) is 93.8 cm³/mol. The number of hydrogen-bond donors (Lipinski definition) is 1. The summed E-state index contributed by atoms with van der Waals surface area (Å²) in [4.78, 5) is 14.9. The first-order valence-corrected chi connectivity index (χ1v) is 8.43. The highest BCUT2D eigenvalue weighted by molar-refractivity contribution is 5.93. The van der Waals surface area contributed by atoms with Crippen molar-refractivity contribution in [3.05, 3.63) is 60.0 Å². The standard InChI is InChI=1S/C19H19N3O4/c1-24-16-6-3-2-5-13(16)15-12-20-8-9-22(15)19(23)14-11-18(26-21-14)17-7-4-10-25-17/h2-7,10-11,15,20H,8-9,12H2,1H3. The normalized spacial score (nSPS) is 17.3. The van der Waals surface area contributed by atoms with Gasteiger partial charge in [0.2, 0.25) is 5.76 Å². The molecule has 1 fully saturated rings. The van der Waals surface area contributed by atoms with Crippen LogP contribution in [0.15, 0.2) is 57.7 Å². The number of piperazine rings is 1. The summed E-state index contributed by atoms with van der Waals surface area (Å²) in [5.41, 5.74) is 1.23. The summed E-state index contributed by atoms with van der Waals surface area (Å²) in [7, 11) is 1.63. The molecular weight excluding hydrogens is 334 g/mol. The number of rotatable bonds is 4. The Bertz CT molecular complexity index is 888. The first-order valence-electron chi connectivity index (χ1n) is 8.43. The SMILES string of the molecule is COc1ccccc1C1CNCCN1C(=O)c1cc(-c2ccco2)on1. The number of nitrogens with zero attached hydrogens (tertiary/aromatic N) is 2. The van der Waals surface area contributed by atoms with Gasteiger partial charge in [-0.2, -0.15) is 0 Å². The van der Waals surface area contributed by atoms with E-state index in [1.165, 1.54) is 0 Å². The first-order chi connectivity index (χ1) is 12.8. The monoisotopic (exact) mass is 353 g/mol. The minimum atomic E-state index is -0.177. The van der Waals surface area contributed by atoms with E-state index in [0.29, 0.717) is 24.6 Å². The van der Waals surface area contributed by atoms with Crippen LogP contribution in [-0.2, 0) is 0 Å². The lowest BCUT2D eigenvalue weighted by Gasteiger charge is -2.36. The number of nitrogens with one attached hydrogen (secondary N) is 1. The molecule has 4 rings (SSSR count). The molecule has 0 radical (unpaired) electrons. The van der Waals surface area contributed by atoms with Crippen molar-refractivity contribution in [1.29, 1.82) is 0 Å². The molecule has 3 aromatic rings. The van der Waals surface area contributed by atoms with Gasteiger partial charge in [-0.1, -0.05) is 23.4 Å². The summed E-state index contributed by atoms with van der Waals surface area (Å²) in [6.07, 6.45) is 1.55. The number of ether oxygens (including phenoxy) is 1. The third-order valence-corrected chi connectivity index (χ3v) is 4.50. The van der Waals surface area contributed by atoms with Gasteiger partial charge < -0.3 is 23.9 Å². The average Bonchev–Trinajstić information content (AvgIpc) is 3.39. The quantitative estimate of drug-likeness (QED) is 0.777. The number of furan rings is 1. The molecule has 2 aromatic heterocycles. The molecule has 0 aliphatic carbocycles. The Hall–Kier alpha value is -3.06. The second-order valence-corrected chi connectivity index (χ2v) is 6.01. The number of hydrogen-bond acceptors (Lipinski definition) is 6. The molecule has 7 nitrogen and oxygen atoms in total. The van der Waals surface area contributed by atoms with Gasteiger partial charge in [0.1, 0.15) is 5.75 Å². The Labute approximate surface area is 150 Å².